The van der Waals surface area contributed by atoms with E-state index in [1.165, 1.54) is 18.2 Å². The number of hydrogen-bond acceptors (Lipinski definition) is 4. The van der Waals surface area contributed by atoms with Gasteiger partial charge in [-0.15, -0.1) is 0 Å². The molecule has 0 saturated carbocycles. The quantitative estimate of drug-likeness (QED) is 0.586. The van der Waals surface area contributed by atoms with Crippen LogP contribution in [0, 0.1) is 13.8 Å². The van der Waals surface area contributed by atoms with Crippen molar-refractivity contribution in [1.29, 1.82) is 0 Å². The van der Waals surface area contributed by atoms with Crippen LogP contribution < -0.4 is 10.1 Å². The molecule has 0 fully saturated rings. The maximum atomic E-state index is 11.8. The summed E-state index contributed by atoms with van der Waals surface area (Å²) in [6.07, 6.45) is 0.802. The third-order valence-electron chi connectivity index (χ3n) is 3.77. The van der Waals surface area contributed by atoms with Gasteiger partial charge < -0.3 is 14.8 Å². The van der Waals surface area contributed by atoms with Crippen molar-refractivity contribution in [2.75, 3.05) is 25.6 Å². The van der Waals surface area contributed by atoms with E-state index in [4.69, 9.17) is 21.1 Å². The van der Waals surface area contributed by atoms with Gasteiger partial charge in [-0.2, -0.15) is 0 Å². The summed E-state index contributed by atoms with van der Waals surface area (Å²) in [6.45, 7) is 5.42. The number of carbonyl (C=O) groups is 1. The van der Waals surface area contributed by atoms with E-state index in [9.17, 15) is 4.79 Å². The number of esters is 1. The topological polar surface area (TPSA) is 47.6 Å². The smallest absolute Gasteiger partial charge is 0.340 e. The van der Waals surface area contributed by atoms with E-state index in [-0.39, 0.29) is 0 Å². The lowest BCUT2D eigenvalue weighted by Gasteiger charge is -2.12. The fourth-order valence-corrected chi connectivity index (χ4v) is 2.41. The third kappa shape index (κ3) is 4.90. The van der Waals surface area contributed by atoms with Gasteiger partial charge in [0.05, 0.1) is 19.3 Å². The van der Waals surface area contributed by atoms with Gasteiger partial charge in [-0.1, -0.05) is 17.7 Å². The zero-order chi connectivity index (χ0) is 17.5. The molecule has 0 aromatic heterocycles. The number of halogens is 1. The number of methoxy groups -OCH3 is 1. The lowest BCUT2D eigenvalue weighted by molar-refractivity contribution is 0.0602. The van der Waals surface area contributed by atoms with Gasteiger partial charge >= 0.3 is 5.97 Å². The van der Waals surface area contributed by atoms with Crippen LogP contribution in [0.15, 0.2) is 36.4 Å². The maximum absolute atomic E-state index is 11.8. The minimum absolute atomic E-state index is 0.411. The first-order valence-corrected chi connectivity index (χ1v) is 8.21. The highest BCUT2D eigenvalue weighted by Crippen LogP contribution is 2.21. The second-order valence-corrected chi connectivity index (χ2v) is 5.99. The lowest BCUT2D eigenvalue weighted by atomic mass is 10.1. The molecule has 0 heterocycles. The van der Waals surface area contributed by atoms with Crippen molar-refractivity contribution in [1.82, 2.24) is 0 Å². The molecule has 0 amide bonds. The molecule has 2 aromatic rings. The molecule has 4 nitrogen and oxygen atoms in total. The average Bonchev–Trinajstić information content (AvgIpc) is 2.58. The molecule has 0 aliphatic carbocycles. The molecular weight excluding hydrogens is 326 g/mol. The van der Waals surface area contributed by atoms with Crippen molar-refractivity contribution < 1.29 is 14.3 Å². The number of nitrogens with one attached hydrogen (secondary N) is 1. The van der Waals surface area contributed by atoms with Gasteiger partial charge in [0.1, 0.15) is 5.75 Å². The zero-order valence-electron chi connectivity index (χ0n) is 14.2. The van der Waals surface area contributed by atoms with Crippen LogP contribution in [0.25, 0.3) is 0 Å². The Hall–Kier alpha value is -2.20. The molecule has 0 bridgehead atoms. The first-order valence-electron chi connectivity index (χ1n) is 7.83. The molecule has 0 radical (unpaired) electrons. The Labute approximate surface area is 147 Å². The van der Waals surface area contributed by atoms with Crippen LogP contribution in [0.3, 0.4) is 0 Å². The molecule has 1 N–H and O–H groups in total. The fraction of sp³-hybridized carbons (Fsp3) is 0.316. The van der Waals surface area contributed by atoms with Crippen LogP contribution in [-0.2, 0) is 4.74 Å². The number of aryl methyl sites for hydroxylation is 2. The first kappa shape index (κ1) is 18.1. The van der Waals surface area contributed by atoms with Crippen molar-refractivity contribution in [2.45, 2.75) is 20.3 Å². The average molecular weight is 348 g/mol. The Morgan fingerprint density at radius 3 is 2.62 bits per heavy atom. The summed E-state index contributed by atoms with van der Waals surface area (Å²) >= 11 is 5.94. The highest BCUT2D eigenvalue weighted by molar-refractivity contribution is 6.31. The van der Waals surface area contributed by atoms with Gasteiger partial charge in [0, 0.05) is 17.3 Å². The highest BCUT2D eigenvalue weighted by Gasteiger charge is 2.12. The van der Waals surface area contributed by atoms with E-state index in [1.54, 1.807) is 18.2 Å². The zero-order valence-corrected chi connectivity index (χ0v) is 14.9. The van der Waals surface area contributed by atoms with Gasteiger partial charge in [-0.05, 0) is 61.7 Å². The number of rotatable bonds is 7. The molecular formula is C19H22ClNO3. The van der Waals surface area contributed by atoms with Crippen molar-refractivity contribution in [2.24, 2.45) is 0 Å². The fourth-order valence-electron chi connectivity index (χ4n) is 2.24. The molecule has 128 valence electrons. The van der Waals surface area contributed by atoms with Gasteiger partial charge in [0.25, 0.3) is 0 Å². The molecule has 2 aromatic carbocycles. The number of benzene rings is 2. The normalized spacial score (nSPS) is 10.3. The van der Waals surface area contributed by atoms with Crippen molar-refractivity contribution >= 4 is 23.3 Å². The first-order chi connectivity index (χ1) is 11.5. The van der Waals surface area contributed by atoms with Gasteiger partial charge in [-0.3, -0.25) is 0 Å². The van der Waals surface area contributed by atoms with Crippen LogP contribution in [0.1, 0.15) is 27.9 Å². The Kier molecular flexibility index (Phi) is 6.50. The van der Waals surface area contributed by atoms with E-state index in [0.717, 1.165) is 12.2 Å². The largest absolute Gasteiger partial charge is 0.494 e. The molecule has 0 aliphatic rings. The SMILES string of the molecule is COC(=O)c1cc(Cl)ccc1NCCCOc1ccc(C)c(C)c1. The summed E-state index contributed by atoms with van der Waals surface area (Å²) in [6, 6.07) is 11.2. The minimum Gasteiger partial charge on any atom is -0.494 e. The standard InChI is InChI=1S/C19H22ClNO3/c1-13-5-7-16(11-14(13)2)24-10-4-9-21-18-8-6-15(20)12-17(18)19(22)23-3/h5-8,11-12,21H,4,9-10H2,1-3H3. The Balaban J connectivity index is 1.84. The molecule has 24 heavy (non-hydrogen) atoms. The molecule has 5 heteroatoms. The van der Waals surface area contributed by atoms with Gasteiger partial charge in [0.2, 0.25) is 0 Å². The summed E-state index contributed by atoms with van der Waals surface area (Å²) in [7, 11) is 1.35. The van der Waals surface area contributed by atoms with Gasteiger partial charge in [-0.25, -0.2) is 4.79 Å². The monoisotopic (exact) mass is 347 g/mol. The summed E-state index contributed by atoms with van der Waals surface area (Å²) in [5.41, 5.74) is 3.61. The molecule has 2 rings (SSSR count). The number of ether oxygens (including phenoxy) is 2. The van der Waals surface area contributed by atoms with Crippen LogP contribution in [0.2, 0.25) is 5.02 Å². The van der Waals surface area contributed by atoms with Gasteiger partial charge in [0.15, 0.2) is 0 Å². The molecule has 0 spiro atoms. The molecule has 0 unspecified atom stereocenters. The number of hydrogen-bond donors (Lipinski definition) is 1. The lowest BCUT2D eigenvalue weighted by Crippen LogP contribution is -2.11. The molecule has 0 saturated heterocycles. The van der Waals surface area contributed by atoms with E-state index in [1.807, 2.05) is 12.1 Å². The van der Waals surface area contributed by atoms with E-state index in [2.05, 4.69) is 25.2 Å². The number of carbonyl (C=O) groups excluding carboxylic acids is 1. The minimum atomic E-state index is -0.411. The second kappa shape index (κ2) is 8.60. The predicted molar refractivity (Wildman–Crippen MR) is 97.3 cm³/mol. The Morgan fingerprint density at radius 1 is 1.12 bits per heavy atom. The van der Waals surface area contributed by atoms with Crippen molar-refractivity contribution in [3.63, 3.8) is 0 Å². The predicted octanol–water partition coefficient (Wildman–Crippen LogP) is 4.62. The highest BCUT2D eigenvalue weighted by atomic mass is 35.5. The Bertz CT molecular complexity index is 716. The van der Waals surface area contributed by atoms with Crippen LogP contribution in [0.5, 0.6) is 5.75 Å². The summed E-state index contributed by atoms with van der Waals surface area (Å²) < 4.78 is 10.5. The van der Waals surface area contributed by atoms with E-state index in [0.29, 0.717) is 29.4 Å². The van der Waals surface area contributed by atoms with Crippen LogP contribution in [0.4, 0.5) is 5.69 Å². The summed E-state index contributed by atoms with van der Waals surface area (Å²) in [5, 5.41) is 3.72. The second-order valence-electron chi connectivity index (χ2n) is 5.56. The maximum Gasteiger partial charge on any atom is 0.340 e. The Morgan fingerprint density at radius 2 is 1.92 bits per heavy atom. The summed E-state index contributed by atoms with van der Waals surface area (Å²) in [4.78, 5) is 11.8. The molecule has 0 aliphatic heterocycles. The third-order valence-corrected chi connectivity index (χ3v) is 4.01. The van der Waals surface area contributed by atoms with Crippen LogP contribution >= 0.6 is 11.6 Å². The summed E-state index contributed by atoms with van der Waals surface area (Å²) in [5.74, 6) is 0.464. The van der Waals surface area contributed by atoms with Crippen molar-refractivity contribution in [3.05, 3.63) is 58.1 Å². The van der Waals surface area contributed by atoms with Crippen LogP contribution in [-0.4, -0.2) is 26.2 Å². The molecule has 0 atom stereocenters. The van der Waals surface area contributed by atoms with E-state index < -0.39 is 5.97 Å². The van der Waals surface area contributed by atoms with Crippen molar-refractivity contribution in [3.8, 4) is 5.75 Å². The number of anilines is 1. The van der Waals surface area contributed by atoms with E-state index >= 15 is 0 Å².